The van der Waals surface area contributed by atoms with Gasteiger partial charge in [-0.05, 0) is 13.0 Å². The van der Waals surface area contributed by atoms with Crippen LogP contribution in [0.4, 0.5) is 48.1 Å². The van der Waals surface area contributed by atoms with Crippen LogP contribution >= 0.6 is 0 Å². The van der Waals surface area contributed by atoms with Gasteiger partial charge in [0.25, 0.3) is 11.4 Å². The van der Waals surface area contributed by atoms with Crippen LogP contribution in [0.15, 0.2) is 35.6 Å². The van der Waals surface area contributed by atoms with Crippen LogP contribution in [0, 0.1) is 5.82 Å². The Labute approximate surface area is 215 Å². The van der Waals surface area contributed by atoms with Crippen LogP contribution in [0.3, 0.4) is 0 Å². The quantitative estimate of drug-likeness (QED) is 0.419. The predicted octanol–water partition coefficient (Wildman–Crippen LogP) is 3.34. The molecule has 0 saturated carbocycles. The molecular formula is C22H21F7N8O2. The number of hydrogen-bond donors (Lipinski definition) is 2. The molecule has 1 aliphatic rings. The van der Waals surface area contributed by atoms with Gasteiger partial charge in [-0.3, -0.25) is 4.79 Å². The maximum Gasteiger partial charge on any atom is 0.423 e. The van der Waals surface area contributed by atoms with E-state index in [-0.39, 0.29) is 24.1 Å². The molecule has 0 aromatic carbocycles. The standard InChI is InChI=1S/C22H21F7N8O2/c1-12(34-14-10-33-35-18(38)16(14)22(27,28)29)11-39-19-17(23)15(2-3-30-19)36-4-6-37(7-5-36)20-31-8-13(9-32-20)21(24,25)26/h2-3,8-10,12H,4-7,11H2,1H3,(H2,34,35,38). The first-order valence-corrected chi connectivity index (χ1v) is 11.4. The summed E-state index contributed by atoms with van der Waals surface area (Å²) in [6, 6.07) is 0.623. The molecule has 1 unspecified atom stereocenters. The summed E-state index contributed by atoms with van der Waals surface area (Å²) in [5.74, 6) is -1.06. The number of aromatic nitrogens is 5. The lowest BCUT2D eigenvalue weighted by Gasteiger charge is -2.36. The van der Waals surface area contributed by atoms with Crippen LogP contribution in [-0.2, 0) is 12.4 Å². The fourth-order valence-electron chi connectivity index (χ4n) is 3.84. The average Bonchev–Trinajstić information content (AvgIpc) is 2.87. The second kappa shape index (κ2) is 10.9. The van der Waals surface area contributed by atoms with E-state index in [1.54, 1.807) is 14.9 Å². The largest absolute Gasteiger partial charge is 0.473 e. The molecule has 1 atom stereocenters. The number of aromatic amines is 1. The van der Waals surface area contributed by atoms with E-state index in [2.05, 4.69) is 25.4 Å². The molecule has 0 aliphatic carbocycles. The maximum absolute atomic E-state index is 15.2. The first-order chi connectivity index (χ1) is 18.3. The number of ether oxygens (including phenoxy) is 1. The third kappa shape index (κ3) is 6.46. The van der Waals surface area contributed by atoms with E-state index in [1.807, 2.05) is 0 Å². The number of hydrogen-bond acceptors (Lipinski definition) is 9. The summed E-state index contributed by atoms with van der Waals surface area (Å²) in [5.41, 5.74) is -4.22. The monoisotopic (exact) mass is 562 g/mol. The van der Waals surface area contributed by atoms with Crippen molar-refractivity contribution in [2.45, 2.75) is 25.3 Å². The Hall–Kier alpha value is -4.18. The molecule has 3 aromatic rings. The third-order valence-corrected chi connectivity index (χ3v) is 5.72. The zero-order chi connectivity index (χ0) is 28.4. The first kappa shape index (κ1) is 27.8. The van der Waals surface area contributed by atoms with Gasteiger partial charge in [-0.15, -0.1) is 0 Å². The summed E-state index contributed by atoms with van der Waals surface area (Å²) in [4.78, 5) is 26.4. The number of nitrogens with zero attached hydrogens (tertiary/aromatic N) is 6. The van der Waals surface area contributed by atoms with E-state index in [4.69, 9.17) is 4.74 Å². The van der Waals surface area contributed by atoms with E-state index < -0.39 is 46.6 Å². The Morgan fingerprint density at radius 3 is 2.26 bits per heavy atom. The minimum Gasteiger partial charge on any atom is -0.473 e. The average molecular weight is 562 g/mol. The Morgan fingerprint density at radius 1 is 1.00 bits per heavy atom. The van der Waals surface area contributed by atoms with Gasteiger partial charge >= 0.3 is 12.4 Å². The smallest absolute Gasteiger partial charge is 0.423 e. The van der Waals surface area contributed by atoms with Gasteiger partial charge in [-0.25, -0.2) is 20.1 Å². The molecule has 0 amide bonds. The van der Waals surface area contributed by atoms with Crippen molar-refractivity contribution in [2.24, 2.45) is 0 Å². The van der Waals surface area contributed by atoms with Gasteiger partial charge in [0.1, 0.15) is 12.2 Å². The second-order valence-corrected chi connectivity index (χ2v) is 8.53. The lowest BCUT2D eigenvalue weighted by atomic mass is 10.2. The molecule has 3 aromatic heterocycles. The van der Waals surface area contributed by atoms with Crippen molar-refractivity contribution in [3.63, 3.8) is 0 Å². The molecule has 210 valence electrons. The Morgan fingerprint density at radius 2 is 1.64 bits per heavy atom. The summed E-state index contributed by atoms with van der Waals surface area (Å²) >= 11 is 0. The van der Waals surface area contributed by atoms with Crippen LogP contribution in [0.5, 0.6) is 5.88 Å². The van der Waals surface area contributed by atoms with Gasteiger partial charge in [-0.2, -0.15) is 35.8 Å². The summed E-state index contributed by atoms with van der Waals surface area (Å²) in [7, 11) is 0. The van der Waals surface area contributed by atoms with Crippen molar-refractivity contribution in [1.82, 2.24) is 25.1 Å². The zero-order valence-electron chi connectivity index (χ0n) is 20.1. The SMILES string of the molecule is CC(COc1nccc(N2CCN(c3ncc(C(F)(F)F)cn3)CC2)c1F)Nc1cn[nH]c(=O)c1C(F)(F)F. The van der Waals surface area contributed by atoms with Gasteiger partial charge in [0, 0.05) is 44.8 Å². The highest BCUT2D eigenvalue weighted by Crippen LogP contribution is 2.32. The minimum absolute atomic E-state index is 0.118. The van der Waals surface area contributed by atoms with E-state index >= 15 is 4.39 Å². The minimum atomic E-state index is -4.93. The van der Waals surface area contributed by atoms with Crippen molar-refractivity contribution in [3.8, 4) is 5.88 Å². The molecule has 0 spiro atoms. The molecule has 4 heterocycles. The molecule has 2 N–H and O–H groups in total. The molecule has 1 saturated heterocycles. The number of halogens is 7. The highest BCUT2D eigenvalue weighted by molar-refractivity contribution is 5.52. The Bertz CT molecular complexity index is 1340. The molecule has 1 fully saturated rings. The molecule has 39 heavy (non-hydrogen) atoms. The molecule has 10 nitrogen and oxygen atoms in total. The number of nitrogens with one attached hydrogen (secondary N) is 2. The van der Waals surface area contributed by atoms with Crippen LogP contribution in [0.25, 0.3) is 0 Å². The normalized spacial score (nSPS) is 15.3. The lowest BCUT2D eigenvalue weighted by Crippen LogP contribution is -2.47. The third-order valence-electron chi connectivity index (χ3n) is 5.72. The zero-order valence-corrected chi connectivity index (χ0v) is 20.1. The Kier molecular flexibility index (Phi) is 7.78. The van der Waals surface area contributed by atoms with E-state index in [0.29, 0.717) is 38.6 Å². The van der Waals surface area contributed by atoms with Crippen LogP contribution in [0.2, 0.25) is 0 Å². The molecule has 0 bridgehead atoms. The van der Waals surface area contributed by atoms with Crippen molar-refractivity contribution >= 4 is 17.3 Å². The number of anilines is 3. The number of pyridine rings is 1. The maximum atomic E-state index is 15.2. The fourth-order valence-corrected chi connectivity index (χ4v) is 3.84. The van der Waals surface area contributed by atoms with Gasteiger partial charge in [0.2, 0.25) is 11.8 Å². The van der Waals surface area contributed by atoms with Crippen molar-refractivity contribution in [2.75, 3.05) is 47.9 Å². The number of H-pyrrole nitrogens is 1. The highest BCUT2D eigenvalue weighted by atomic mass is 19.4. The molecule has 1 aliphatic heterocycles. The van der Waals surface area contributed by atoms with Gasteiger partial charge < -0.3 is 19.9 Å². The molecule has 17 heteroatoms. The highest BCUT2D eigenvalue weighted by Gasteiger charge is 2.37. The Balaban J connectivity index is 1.37. The summed E-state index contributed by atoms with van der Waals surface area (Å²) in [5, 5.41) is 7.59. The van der Waals surface area contributed by atoms with Crippen molar-refractivity contribution < 1.29 is 35.5 Å². The van der Waals surface area contributed by atoms with E-state index in [9.17, 15) is 31.1 Å². The molecule has 4 rings (SSSR count). The van der Waals surface area contributed by atoms with Gasteiger partial charge in [0.15, 0.2) is 0 Å². The molecular weight excluding hydrogens is 541 g/mol. The van der Waals surface area contributed by atoms with Crippen LogP contribution in [-0.4, -0.2) is 64.0 Å². The van der Waals surface area contributed by atoms with Gasteiger partial charge in [0.05, 0.1) is 29.2 Å². The molecule has 0 radical (unpaired) electrons. The number of alkyl halides is 6. The summed E-state index contributed by atoms with van der Waals surface area (Å²) in [6.07, 6.45) is -5.95. The predicted molar refractivity (Wildman–Crippen MR) is 124 cm³/mol. The summed E-state index contributed by atoms with van der Waals surface area (Å²) < 4.78 is 98.5. The number of piperazine rings is 1. The second-order valence-electron chi connectivity index (χ2n) is 8.53. The van der Waals surface area contributed by atoms with Crippen LogP contribution in [0.1, 0.15) is 18.1 Å². The van der Waals surface area contributed by atoms with Crippen LogP contribution < -0.4 is 25.4 Å². The van der Waals surface area contributed by atoms with Gasteiger partial charge in [-0.1, -0.05) is 0 Å². The number of rotatable bonds is 7. The fraction of sp³-hybridized carbons (Fsp3) is 0.409. The first-order valence-electron chi connectivity index (χ1n) is 11.4. The summed E-state index contributed by atoms with van der Waals surface area (Å²) in [6.45, 7) is 2.35. The topological polar surface area (TPSA) is 112 Å². The van der Waals surface area contributed by atoms with E-state index in [1.165, 1.54) is 19.2 Å². The van der Waals surface area contributed by atoms with Crippen molar-refractivity contribution in [1.29, 1.82) is 0 Å². The van der Waals surface area contributed by atoms with Crippen molar-refractivity contribution in [3.05, 3.63) is 58.2 Å². The lowest BCUT2D eigenvalue weighted by molar-refractivity contribution is -0.139. The van der Waals surface area contributed by atoms with E-state index in [0.717, 1.165) is 6.20 Å².